The number of carbonyl (C=O) groups is 2. The molecule has 1 atom stereocenters. The lowest BCUT2D eigenvalue weighted by atomic mass is 10.1. The third-order valence-corrected chi connectivity index (χ3v) is 7.12. The first kappa shape index (κ1) is 22.5. The predicted molar refractivity (Wildman–Crippen MR) is 132 cm³/mol. The molecule has 8 nitrogen and oxygen atoms in total. The summed E-state index contributed by atoms with van der Waals surface area (Å²) in [6, 6.07) is 7.58. The molecule has 1 fully saturated rings. The summed E-state index contributed by atoms with van der Waals surface area (Å²) >= 11 is 1.40. The Balaban J connectivity index is 1.27. The lowest BCUT2D eigenvalue weighted by Gasteiger charge is -2.22. The number of carbonyl (C=O) groups excluding carboxylic acids is 2. The Morgan fingerprint density at radius 3 is 2.79 bits per heavy atom. The van der Waals surface area contributed by atoms with Crippen LogP contribution < -0.4 is 19.7 Å². The van der Waals surface area contributed by atoms with Crippen LogP contribution in [0.4, 0.5) is 10.8 Å². The first-order chi connectivity index (χ1) is 16.4. The van der Waals surface area contributed by atoms with Gasteiger partial charge in [-0.05, 0) is 38.5 Å². The Bertz CT molecular complexity index is 1250. The maximum Gasteiger partial charge on any atom is 0.231 e. The number of nitrogens with zero attached hydrogens (tertiary/aromatic N) is 3. The standard InChI is InChI=1S/C25H28N4O4S/c1-4-7-28-15(2)10-19(16(28)3)20-14-34-25(26-20)27-24(31)17-11-23(30)29(13-17)18-5-6-21-22(12-18)33-9-8-32-21/h5-6,10,12,14,17H,4,7-9,11,13H2,1-3H3,(H,26,27,31)/t17-/m0/s1. The number of nitrogens with one attached hydrogen (secondary N) is 1. The number of benzene rings is 1. The number of fused-ring (bicyclic) bond motifs is 1. The number of thiazole rings is 1. The fourth-order valence-electron chi connectivity index (χ4n) is 4.62. The van der Waals surface area contributed by atoms with Gasteiger partial charge in [0, 0.05) is 53.6 Å². The number of aromatic nitrogens is 2. The Labute approximate surface area is 202 Å². The quantitative estimate of drug-likeness (QED) is 0.565. The molecule has 2 amide bonds. The van der Waals surface area contributed by atoms with Crippen molar-refractivity contribution in [2.45, 2.75) is 40.2 Å². The van der Waals surface area contributed by atoms with Crippen LogP contribution in [0.3, 0.4) is 0 Å². The van der Waals surface area contributed by atoms with Crippen molar-refractivity contribution >= 4 is 34.0 Å². The Morgan fingerprint density at radius 1 is 1.21 bits per heavy atom. The summed E-state index contributed by atoms with van der Waals surface area (Å²) in [4.78, 5) is 31.9. The average molecular weight is 481 g/mol. The van der Waals surface area contributed by atoms with Crippen LogP contribution in [0.1, 0.15) is 31.2 Å². The fraction of sp³-hybridized carbons (Fsp3) is 0.400. The van der Waals surface area contributed by atoms with E-state index in [4.69, 9.17) is 9.47 Å². The van der Waals surface area contributed by atoms with Crippen molar-refractivity contribution in [1.29, 1.82) is 0 Å². The average Bonchev–Trinajstić information content (AvgIpc) is 3.53. The monoisotopic (exact) mass is 480 g/mol. The highest BCUT2D eigenvalue weighted by Gasteiger charge is 2.36. The van der Waals surface area contributed by atoms with Crippen LogP contribution in [0.2, 0.25) is 0 Å². The van der Waals surface area contributed by atoms with E-state index >= 15 is 0 Å². The first-order valence-electron chi connectivity index (χ1n) is 11.6. The van der Waals surface area contributed by atoms with Gasteiger partial charge in [-0.3, -0.25) is 9.59 Å². The van der Waals surface area contributed by atoms with Crippen LogP contribution in [0.25, 0.3) is 11.3 Å². The van der Waals surface area contributed by atoms with E-state index in [9.17, 15) is 9.59 Å². The molecule has 2 aromatic heterocycles. The molecule has 0 aliphatic carbocycles. The van der Waals surface area contributed by atoms with Crippen LogP contribution in [0, 0.1) is 19.8 Å². The summed E-state index contributed by atoms with van der Waals surface area (Å²) in [6.07, 6.45) is 1.23. The van der Waals surface area contributed by atoms with E-state index in [0.717, 1.165) is 24.2 Å². The molecule has 5 rings (SSSR count). The molecular formula is C25H28N4O4S. The van der Waals surface area contributed by atoms with E-state index in [0.29, 0.717) is 42.1 Å². The third kappa shape index (κ3) is 4.16. The highest BCUT2D eigenvalue weighted by molar-refractivity contribution is 7.14. The second-order valence-corrected chi connectivity index (χ2v) is 9.56. The molecule has 0 saturated carbocycles. The van der Waals surface area contributed by atoms with Gasteiger partial charge < -0.3 is 24.3 Å². The second-order valence-electron chi connectivity index (χ2n) is 8.70. The molecule has 0 bridgehead atoms. The molecule has 3 aromatic rings. The van der Waals surface area contributed by atoms with Gasteiger partial charge in [0.25, 0.3) is 0 Å². The zero-order valence-corrected chi connectivity index (χ0v) is 20.4. The summed E-state index contributed by atoms with van der Waals surface area (Å²) in [7, 11) is 0. The lowest BCUT2D eigenvalue weighted by molar-refractivity contribution is -0.122. The lowest BCUT2D eigenvalue weighted by Crippen LogP contribution is -2.28. The van der Waals surface area contributed by atoms with Gasteiger partial charge in [0.2, 0.25) is 11.8 Å². The number of hydrogen-bond donors (Lipinski definition) is 1. The van der Waals surface area contributed by atoms with Gasteiger partial charge in [0.05, 0.1) is 11.6 Å². The van der Waals surface area contributed by atoms with Crippen molar-refractivity contribution < 1.29 is 19.1 Å². The largest absolute Gasteiger partial charge is 0.486 e. The molecule has 1 saturated heterocycles. The molecule has 2 aliphatic rings. The highest BCUT2D eigenvalue weighted by Crippen LogP contribution is 2.36. The zero-order valence-electron chi connectivity index (χ0n) is 19.6. The minimum Gasteiger partial charge on any atom is -0.486 e. The number of aryl methyl sites for hydroxylation is 1. The fourth-order valence-corrected chi connectivity index (χ4v) is 5.34. The topological polar surface area (TPSA) is 85.7 Å². The van der Waals surface area contributed by atoms with Crippen molar-refractivity contribution in [3.63, 3.8) is 0 Å². The van der Waals surface area contributed by atoms with Crippen LogP contribution in [-0.2, 0) is 16.1 Å². The van der Waals surface area contributed by atoms with E-state index in [-0.39, 0.29) is 18.2 Å². The summed E-state index contributed by atoms with van der Waals surface area (Å²) in [6.45, 7) is 8.66. The van der Waals surface area contributed by atoms with Crippen LogP contribution in [0.5, 0.6) is 11.5 Å². The van der Waals surface area contributed by atoms with Gasteiger partial charge in [-0.1, -0.05) is 6.92 Å². The van der Waals surface area contributed by atoms with Crippen molar-refractivity contribution in [2.75, 3.05) is 30.0 Å². The van der Waals surface area contributed by atoms with Crippen molar-refractivity contribution in [1.82, 2.24) is 9.55 Å². The van der Waals surface area contributed by atoms with Crippen molar-refractivity contribution in [3.8, 4) is 22.8 Å². The molecule has 1 aromatic carbocycles. The molecule has 178 valence electrons. The van der Waals surface area contributed by atoms with Gasteiger partial charge in [0.1, 0.15) is 13.2 Å². The number of hydrogen-bond acceptors (Lipinski definition) is 6. The Hall–Kier alpha value is -3.33. The molecule has 2 aliphatic heterocycles. The molecule has 9 heteroatoms. The van der Waals surface area contributed by atoms with Crippen LogP contribution in [0.15, 0.2) is 29.6 Å². The number of rotatable bonds is 6. The molecule has 34 heavy (non-hydrogen) atoms. The van der Waals surface area contributed by atoms with E-state index in [2.05, 4.69) is 41.7 Å². The van der Waals surface area contributed by atoms with E-state index in [1.807, 2.05) is 11.4 Å². The van der Waals surface area contributed by atoms with Crippen LogP contribution >= 0.6 is 11.3 Å². The number of ether oxygens (including phenoxy) is 2. The van der Waals surface area contributed by atoms with Gasteiger partial charge in [-0.25, -0.2) is 4.98 Å². The van der Waals surface area contributed by atoms with Gasteiger partial charge >= 0.3 is 0 Å². The first-order valence-corrected chi connectivity index (χ1v) is 12.5. The van der Waals surface area contributed by atoms with Crippen molar-refractivity contribution in [3.05, 3.63) is 41.0 Å². The summed E-state index contributed by atoms with van der Waals surface area (Å²) < 4.78 is 13.5. The second kappa shape index (κ2) is 9.13. The van der Waals surface area contributed by atoms with Gasteiger partial charge in [-0.15, -0.1) is 11.3 Å². The third-order valence-electron chi connectivity index (χ3n) is 6.36. The molecule has 1 N–H and O–H groups in total. The normalized spacial score (nSPS) is 17.3. The molecule has 0 unspecified atom stereocenters. The van der Waals surface area contributed by atoms with E-state index in [1.165, 1.54) is 22.7 Å². The SMILES string of the molecule is CCCn1c(C)cc(-c2csc(NC(=O)[C@H]3CC(=O)N(c4ccc5c(c4)OCCO5)C3)n2)c1C. The smallest absolute Gasteiger partial charge is 0.231 e. The summed E-state index contributed by atoms with van der Waals surface area (Å²) in [5.41, 5.74) is 5.04. The molecule has 0 spiro atoms. The molecule has 4 heterocycles. The minimum atomic E-state index is -0.442. The van der Waals surface area contributed by atoms with Crippen molar-refractivity contribution in [2.24, 2.45) is 5.92 Å². The maximum atomic E-state index is 13.0. The Morgan fingerprint density at radius 2 is 2.00 bits per heavy atom. The van der Waals surface area contributed by atoms with E-state index in [1.54, 1.807) is 17.0 Å². The van der Waals surface area contributed by atoms with Gasteiger partial charge in [0.15, 0.2) is 16.6 Å². The minimum absolute atomic E-state index is 0.0833. The summed E-state index contributed by atoms with van der Waals surface area (Å²) in [5, 5.41) is 5.43. The van der Waals surface area contributed by atoms with Gasteiger partial charge in [-0.2, -0.15) is 0 Å². The predicted octanol–water partition coefficient (Wildman–Crippen LogP) is 4.40. The number of amides is 2. The van der Waals surface area contributed by atoms with Crippen LogP contribution in [-0.4, -0.2) is 41.1 Å². The molecule has 0 radical (unpaired) electrons. The molecular weight excluding hydrogens is 452 g/mol. The maximum absolute atomic E-state index is 13.0. The number of anilines is 2. The highest BCUT2D eigenvalue weighted by atomic mass is 32.1. The zero-order chi connectivity index (χ0) is 23.8. The Kier molecular flexibility index (Phi) is 6.03. The van der Waals surface area contributed by atoms with E-state index < -0.39 is 5.92 Å². The summed E-state index contributed by atoms with van der Waals surface area (Å²) in [5.74, 6) is 0.581.